The minimum Gasteiger partial charge on any atom is -0.462 e. The van der Waals surface area contributed by atoms with Crippen LogP contribution in [0.15, 0.2) is 30.3 Å². The number of fused-ring (bicyclic) bond motifs is 1. The second-order valence-electron chi connectivity index (χ2n) is 25.2. The Morgan fingerprint density at radius 2 is 1.11 bits per heavy atom. The van der Waals surface area contributed by atoms with Crippen molar-refractivity contribution in [1.29, 1.82) is 0 Å². The second kappa shape index (κ2) is 49.6. The van der Waals surface area contributed by atoms with Gasteiger partial charge in [-0.25, -0.2) is 4.79 Å². The molecule has 8 atom stereocenters. The molecule has 2 fully saturated rings. The Morgan fingerprint density at radius 3 is 1.65 bits per heavy atom. The van der Waals surface area contributed by atoms with Gasteiger partial charge in [0, 0.05) is 19.4 Å². The molecule has 1 aromatic rings. The molecule has 2 saturated heterocycles. The number of benzene rings is 1. The standard InChI is InChI=1S/C70H119Cl3N2O14/c1-7-11-15-19-23-25-28-30-37-44-56(85-61(77)46-39-32-26-21-17-13-9-3)50-63(79)88-66-64(75-68(80)83-54-70(71,72)73)67(87-59-53-84-69(5,6)89-65(59)66)81-49-41-48-74-60(76)51-58(86-62(78)47-40-33-27-22-18-14-10-4)57(82-52-55-42-35-34-36-43-55)45-38-31-29-24-20-16-12-8-2/h34-36,42-43,56-59,64-67H,7-33,37-41,44-54H2,1-6H3,(H,74,76)(H,75,80)/t56-,57+,58-,59-,64-,65-,66-,67?/m1/s1. The fourth-order valence-electron chi connectivity index (χ4n) is 11.4. The number of halogens is 3. The zero-order chi connectivity index (χ0) is 64.8. The summed E-state index contributed by atoms with van der Waals surface area (Å²) < 4.78 is 53.9. The number of unbranched alkanes of at least 4 members (excludes halogenated alkanes) is 27. The molecule has 0 aliphatic carbocycles. The van der Waals surface area contributed by atoms with Gasteiger partial charge in [0.1, 0.15) is 37.1 Å². The molecule has 2 aliphatic rings. The van der Waals surface area contributed by atoms with Gasteiger partial charge in [0.25, 0.3) is 0 Å². The van der Waals surface area contributed by atoms with E-state index in [9.17, 15) is 24.0 Å². The van der Waals surface area contributed by atoms with Crippen molar-refractivity contribution in [2.45, 2.75) is 351 Å². The van der Waals surface area contributed by atoms with Crippen LogP contribution in [0.4, 0.5) is 4.79 Å². The smallest absolute Gasteiger partial charge is 0.407 e. The summed E-state index contributed by atoms with van der Waals surface area (Å²) in [6.07, 6.45) is 28.0. The van der Waals surface area contributed by atoms with Crippen LogP contribution in [0, 0.1) is 0 Å². The Bertz CT molecular complexity index is 2000. The van der Waals surface area contributed by atoms with Gasteiger partial charge >= 0.3 is 24.0 Å². The normalized spacial score (nSPS) is 19.1. The SMILES string of the molecule is CCCCCCCCCCC[C@H](CC(=O)O[C@H]1[C@@H]2OC(C)(C)OC[C@H]2OC(OCCCNC(=O)C[C@@H](OC(=O)CCCCCCCCC)[C@H](CCCCCCCCCC)OCc2ccccc2)[C@@H]1NC(=O)OCC(Cl)(Cl)Cl)OC(=O)CCCCCCCCC. The Kier molecular flexibility index (Phi) is 44.7. The van der Waals surface area contributed by atoms with Crippen LogP contribution < -0.4 is 10.6 Å². The van der Waals surface area contributed by atoms with Gasteiger partial charge in [-0.05, 0) is 57.9 Å². The zero-order valence-corrected chi connectivity index (χ0v) is 58.0. The summed E-state index contributed by atoms with van der Waals surface area (Å²) in [4.78, 5) is 68.9. The van der Waals surface area contributed by atoms with Gasteiger partial charge < -0.3 is 53.3 Å². The maximum Gasteiger partial charge on any atom is 0.407 e. The van der Waals surface area contributed by atoms with Crippen molar-refractivity contribution >= 4 is 64.7 Å². The molecule has 0 saturated carbocycles. The van der Waals surface area contributed by atoms with Crippen LogP contribution in [0.3, 0.4) is 0 Å². The number of alkyl halides is 3. The van der Waals surface area contributed by atoms with E-state index in [1.54, 1.807) is 13.8 Å². The van der Waals surface area contributed by atoms with Gasteiger partial charge in [-0.15, -0.1) is 0 Å². The summed E-state index contributed by atoms with van der Waals surface area (Å²) in [7, 11) is 0. The van der Waals surface area contributed by atoms with Gasteiger partial charge in [0.05, 0.1) is 38.8 Å². The van der Waals surface area contributed by atoms with Gasteiger partial charge in [-0.3, -0.25) is 19.2 Å². The fourth-order valence-corrected chi connectivity index (χ4v) is 11.6. The van der Waals surface area contributed by atoms with Crippen molar-refractivity contribution in [2.75, 3.05) is 26.4 Å². The molecule has 1 unspecified atom stereocenters. The van der Waals surface area contributed by atoms with Crippen LogP contribution in [0.2, 0.25) is 0 Å². The van der Waals surface area contributed by atoms with Gasteiger partial charge in [-0.2, -0.15) is 0 Å². The van der Waals surface area contributed by atoms with Crippen molar-refractivity contribution in [3.05, 3.63) is 35.9 Å². The lowest BCUT2D eigenvalue weighted by Gasteiger charge is -2.50. The quantitative estimate of drug-likeness (QED) is 0.0271. The first-order valence-corrected chi connectivity index (χ1v) is 36.2. The van der Waals surface area contributed by atoms with Crippen molar-refractivity contribution in [3.8, 4) is 0 Å². The molecular weight excluding hydrogens is 1200 g/mol. The third-order valence-electron chi connectivity index (χ3n) is 16.5. The predicted octanol–water partition coefficient (Wildman–Crippen LogP) is 17.7. The van der Waals surface area contributed by atoms with Gasteiger partial charge in [-0.1, -0.05) is 273 Å². The van der Waals surface area contributed by atoms with E-state index in [4.69, 9.17) is 77.4 Å². The molecule has 514 valence electrons. The minimum absolute atomic E-state index is 0.00517. The number of alkyl carbamates (subject to hydrolysis) is 1. The second-order valence-corrected chi connectivity index (χ2v) is 27.7. The summed E-state index contributed by atoms with van der Waals surface area (Å²) in [6.45, 7) is 12.2. The number of ether oxygens (including phenoxy) is 9. The van der Waals surface area contributed by atoms with Gasteiger partial charge in [0.15, 0.2) is 18.2 Å². The van der Waals surface area contributed by atoms with Crippen LogP contribution in [0.1, 0.15) is 291 Å². The van der Waals surface area contributed by atoms with Crippen LogP contribution in [-0.2, 0) is 68.4 Å². The molecule has 19 heteroatoms. The van der Waals surface area contributed by atoms with Crippen molar-refractivity contribution in [2.24, 2.45) is 0 Å². The average molecular weight is 1320 g/mol. The Balaban J connectivity index is 1.80. The summed E-state index contributed by atoms with van der Waals surface area (Å²) in [5.74, 6) is -2.82. The van der Waals surface area contributed by atoms with E-state index >= 15 is 0 Å². The van der Waals surface area contributed by atoms with E-state index in [2.05, 4.69) is 38.3 Å². The van der Waals surface area contributed by atoms with Crippen LogP contribution >= 0.6 is 34.8 Å². The summed E-state index contributed by atoms with van der Waals surface area (Å²) in [5.41, 5.74) is 0.984. The fraction of sp³-hybridized carbons (Fsp3) is 0.843. The molecule has 2 N–H and O–H groups in total. The highest BCUT2D eigenvalue weighted by Crippen LogP contribution is 2.36. The van der Waals surface area contributed by atoms with Crippen LogP contribution in [0.25, 0.3) is 0 Å². The zero-order valence-electron chi connectivity index (χ0n) is 55.8. The first kappa shape index (κ1) is 80.3. The number of esters is 3. The monoisotopic (exact) mass is 1320 g/mol. The summed E-state index contributed by atoms with van der Waals surface area (Å²) in [6, 6.07) is 8.62. The maximum absolute atomic E-state index is 14.4. The molecule has 16 nitrogen and oxygen atoms in total. The average Bonchev–Trinajstić information content (AvgIpc) is 0.909. The van der Waals surface area contributed by atoms with E-state index in [-0.39, 0.29) is 69.7 Å². The largest absolute Gasteiger partial charge is 0.462 e. The Morgan fingerprint density at radius 1 is 0.607 bits per heavy atom. The third-order valence-corrected chi connectivity index (χ3v) is 16.9. The summed E-state index contributed by atoms with van der Waals surface area (Å²) >= 11 is 18.0. The molecule has 3 rings (SSSR count). The molecular formula is C70H119Cl3N2O14. The lowest BCUT2D eigenvalue weighted by molar-refractivity contribution is -0.369. The number of hydrogen-bond donors (Lipinski definition) is 2. The number of nitrogens with one attached hydrogen (secondary N) is 2. The van der Waals surface area contributed by atoms with Crippen molar-refractivity contribution in [3.63, 3.8) is 0 Å². The molecule has 2 amide bonds. The summed E-state index contributed by atoms with van der Waals surface area (Å²) in [5, 5.41) is 5.75. The predicted molar refractivity (Wildman–Crippen MR) is 354 cm³/mol. The highest BCUT2D eigenvalue weighted by molar-refractivity contribution is 6.67. The Hall–Kier alpha value is -2.96. The first-order chi connectivity index (χ1) is 43.0. The first-order valence-electron chi connectivity index (χ1n) is 35.1. The van der Waals surface area contributed by atoms with Crippen LogP contribution in [0.5, 0.6) is 0 Å². The highest BCUT2D eigenvalue weighted by Gasteiger charge is 2.54. The topological polar surface area (TPSA) is 192 Å². The van der Waals surface area contributed by atoms with E-state index in [0.29, 0.717) is 32.3 Å². The van der Waals surface area contributed by atoms with Gasteiger partial charge in [0.2, 0.25) is 9.70 Å². The highest BCUT2D eigenvalue weighted by atomic mass is 35.6. The molecule has 0 aromatic heterocycles. The number of rotatable bonds is 53. The van der Waals surface area contributed by atoms with E-state index in [1.165, 1.54) is 103 Å². The van der Waals surface area contributed by atoms with Crippen molar-refractivity contribution < 1.29 is 66.6 Å². The molecule has 2 aliphatic heterocycles. The molecule has 0 radical (unpaired) electrons. The number of amides is 2. The molecule has 2 heterocycles. The third kappa shape index (κ3) is 39.4. The van der Waals surface area contributed by atoms with Crippen molar-refractivity contribution in [1.82, 2.24) is 10.6 Å². The number of hydrogen-bond acceptors (Lipinski definition) is 14. The molecule has 0 bridgehead atoms. The lowest BCUT2D eigenvalue weighted by Crippen LogP contribution is -2.69. The van der Waals surface area contributed by atoms with E-state index < -0.39 is 77.2 Å². The maximum atomic E-state index is 14.4. The minimum atomic E-state index is -1.93. The van der Waals surface area contributed by atoms with E-state index in [1.807, 2.05) is 30.3 Å². The molecule has 0 spiro atoms. The molecule has 89 heavy (non-hydrogen) atoms. The van der Waals surface area contributed by atoms with E-state index in [0.717, 1.165) is 89.0 Å². The Labute approximate surface area is 552 Å². The van der Waals surface area contributed by atoms with Crippen LogP contribution in [-0.4, -0.2) is 115 Å². The molecule has 1 aromatic carbocycles. The number of carbonyl (C=O) groups is 5. The number of carbonyl (C=O) groups excluding carboxylic acids is 5. The lowest BCUT2D eigenvalue weighted by atomic mass is 9.95.